The number of nitrogen functional groups attached to an aromatic ring is 1. The molecular formula is C12H16N2O4S. The molecule has 0 aliphatic carbocycles. The first-order valence-corrected chi connectivity index (χ1v) is 7.39. The molecule has 1 fully saturated rings. The zero-order chi connectivity index (χ0) is 14.0. The Morgan fingerprint density at radius 3 is 2.53 bits per heavy atom. The Morgan fingerprint density at radius 1 is 1.32 bits per heavy atom. The molecule has 7 heteroatoms. The molecule has 0 unspecified atom stereocenters. The van der Waals surface area contributed by atoms with Crippen molar-refractivity contribution in [1.82, 2.24) is 4.31 Å². The van der Waals surface area contributed by atoms with Crippen LogP contribution in [0.25, 0.3) is 0 Å². The summed E-state index contributed by atoms with van der Waals surface area (Å²) in [5.74, 6) is -0.704. The van der Waals surface area contributed by atoms with Crippen molar-refractivity contribution in [3.8, 4) is 0 Å². The van der Waals surface area contributed by atoms with E-state index >= 15 is 0 Å². The van der Waals surface area contributed by atoms with Gasteiger partial charge in [0, 0.05) is 18.8 Å². The monoisotopic (exact) mass is 284 g/mol. The van der Waals surface area contributed by atoms with E-state index in [0.717, 1.165) is 12.8 Å². The number of benzene rings is 1. The number of carbonyl (C=O) groups is 1. The maximum Gasteiger partial charge on any atom is 0.339 e. The largest absolute Gasteiger partial charge is 0.465 e. The second kappa shape index (κ2) is 5.18. The van der Waals surface area contributed by atoms with E-state index in [0.29, 0.717) is 18.8 Å². The Morgan fingerprint density at radius 2 is 1.95 bits per heavy atom. The molecule has 1 heterocycles. The third kappa shape index (κ3) is 2.57. The van der Waals surface area contributed by atoms with Gasteiger partial charge in [-0.25, -0.2) is 13.2 Å². The summed E-state index contributed by atoms with van der Waals surface area (Å²) in [5.41, 5.74) is 5.90. The van der Waals surface area contributed by atoms with Gasteiger partial charge in [-0.1, -0.05) is 0 Å². The van der Waals surface area contributed by atoms with Gasteiger partial charge in [0.25, 0.3) is 0 Å². The molecule has 19 heavy (non-hydrogen) atoms. The predicted octanol–water partition coefficient (Wildman–Crippen LogP) is 0.840. The van der Waals surface area contributed by atoms with Crippen molar-refractivity contribution in [1.29, 1.82) is 0 Å². The van der Waals surface area contributed by atoms with Gasteiger partial charge in [-0.05, 0) is 31.0 Å². The van der Waals surface area contributed by atoms with Crippen molar-refractivity contribution in [2.24, 2.45) is 0 Å². The first-order valence-electron chi connectivity index (χ1n) is 5.95. The number of nitrogens with two attached hydrogens (primary N) is 1. The molecule has 104 valence electrons. The number of anilines is 1. The minimum absolute atomic E-state index is 0.0191. The van der Waals surface area contributed by atoms with Crippen molar-refractivity contribution in [2.75, 3.05) is 25.9 Å². The van der Waals surface area contributed by atoms with Gasteiger partial charge in [0.1, 0.15) is 0 Å². The second-order valence-corrected chi connectivity index (χ2v) is 6.26. The second-order valence-electron chi connectivity index (χ2n) is 4.36. The van der Waals surface area contributed by atoms with Gasteiger partial charge in [-0.2, -0.15) is 4.31 Å². The Balaban J connectivity index is 2.52. The highest BCUT2D eigenvalue weighted by atomic mass is 32.2. The van der Waals surface area contributed by atoms with Crippen LogP contribution in [-0.2, 0) is 14.8 Å². The van der Waals surface area contributed by atoms with E-state index in [1.54, 1.807) is 0 Å². The van der Waals surface area contributed by atoms with E-state index in [2.05, 4.69) is 4.74 Å². The van der Waals surface area contributed by atoms with Crippen molar-refractivity contribution in [3.05, 3.63) is 23.8 Å². The van der Waals surface area contributed by atoms with E-state index in [1.807, 2.05) is 0 Å². The van der Waals surface area contributed by atoms with Crippen molar-refractivity contribution < 1.29 is 17.9 Å². The van der Waals surface area contributed by atoms with Gasteiger partial charge < -0.3 is 10.5 Å². The van der Waals surface area contributed by atoms with E-state index in [9.17, 15) is 13.2 Å². The zero-order valence-electron chi connectivity index (χ0n) is 10.6. The summed E-state index contributed by atoms with van der Waals surface area (Å²) < 4.78 is 30.9. The van der Waals surface area contributed by atoms with Crippen molar-refractivity contribution in [3.63, 3.8) is 0 Å². The number of hydrogen-bond acceptors (Lipinski definition) is 5. The number of hydrogen-bond donors (Lipinski definition) is 1. The predicted molar refractivity (Wildman–Crippen MR) is 70.2 cm³/mol. The Bertz CT molecular complexity index is 592. The molecule has 6 nitrogen and oxygen atoms in total. The smallest absolute Gasteiger partial charge is 0.339 e. The van der Waals surface area contributed by atoms with Crippen LogP contribution in [0.5, 0.6) is 0 Å². The fourth-order valence-electron chi connectivity index (χ4n) is 2.11. The third-order valence-corrected chi connectivity index (χ3v) is 5.05. The lowest BCUT2D eigenvalue weighted by atomic mass is 10.2. The molecule has 0 atom stereocenters. The van der Waals surface area contributed by atoms with E-state index < -0.39 is 16.0 Å². The molecule has 2 rings (SSSR count). The van der Waals surface area contributed by atoms with Gasteiger partial charge in [-0.3, -0.25) is 0 Å². The van der Waals surface area contributed by atoms with Crippen molar-refractivity contribution in [2.45, 2.75) is 17.7 Å². The first-order chi connectivity index (χ1) is 8.96. The molecule has 0 spiro atoms. The average molecular weight is 284 g/mol. The molecule has 0 bridgehead atoms. The normalized spacial score (nSPS) is 16.5. The molecule has 1 aliphatic rings. The maximum absolute atomic E-state index is 12.5. The Kier molecular flexibility index (Phi) is 3.77. The lowest BCUT2D eigenvalue weighted by Crippen LogP contribution is -2.29. The fourth-order valence-corrected chi connectivity index (χ4v) is 3.79. The number of rotatable bonds is 3. The highest BCUT2D eigenvalue weighted by molar-refractivity contribution is 7.89. The Labute approximate surface area is 112 Å². The summed E-state index contributed by atoms with van der Waals surface area (Å²) in [6, 6.07) is 4.15. The minimum Gasteiger partial charge on any atom is -0.465 e. The fraction of sp³-hybridized carbons (Fsp3) is 0.417. The van der Waals surface area contributed by atoms with Gasteiger partial charge in [0.15, 0.2) is 0 Å². The summed E-state index contributed by atoms with van der Waals surface area (Å²) in [7, 11) is -2.46. The minimum atomic E-state index is -3.66. The van der Waals surface area contributed by atoms with Crippen LogP contribution < -0.4 is 5.73 Å². The van der Waals surface area contributed by atoms with Gasteiger partial charge in [0.05, 0.1) is 17.6 Å². The van der Waals surface area contributed by atoms with E-state index in [-0.39, 0.29) is 10.5 Å². The highest BCUT2D eigenvalue weighted by Gasteiger charge is 2.31. The quantitative estimate of drug-likeness (QED) is 0.656. The van der Waals surface area contributed by atoms with Gasteiger partial charge in [0.2, 0.25) is 10.0 Å². The number of methoxy groups -OCH3 is 1. The lowest BCUT2D eigenvalue weighted by Gasteiger charge is -2.17. The van der Waals surface area contributed by atoms with Crippen LogP contribution in [0.4, 0.5) is 5.69 Å². The van der Waals surface area contributed by atoms with E-state index in [1.165, 1.54) is 29.6 Å². The molecule has 1 aliphatic heterocycles. The first kappa shape index (κ1) is 13.8. The molecule has 0 amide bonds. The molecule has 0 saturated carbocycles. The van der Waals surface area contributed by atoms with Crippen LogP contribution in [0.1, 0.15) is 23.2 Å². The standard InChI is InChI=1S/C12H16N2O4S/c1-18-12(15)10-8-9(13)4-5-11(10)19(16,17)14-6-2-3-7-14/h4-5,8H,2-3,6-7,13H2,1H3. The van der Waals surface area contributed by atoms with Gasteiger partial charge in [-0.15, -0.1) is 0 Å². The summed E-state index contributed by atoms with van der Waals surface area (Å²) in [5, 5.41) is 0. The highest BCUT2D eigenvalue weighted by Crippen LogP contribution is 2.25. The molecule has 1 saturated heterocycles. The van der Waals surface area contributed by atoms with Gasteiger partial charge >= 0.3 is 5.97 Å². The zero-order valence-corrected chi connectivity index (χ0v) is 11.4. The Hall–Kier alpha value is -1.60. The molecule has 0 radical (unpaired) electrons. The maximum atomic E-state index is 12.5. The number of sulfonamides is 1. The van der Waals surface area contributed by atoms with Crippen LogP contribution in [0, 0.1) is 0 Å². The third-order valence-electron chi connectivity index (χ3n) is 3.09. The molecule has 1 aromatic carbocycles. The van der Waals surface area contributed by atoms with Crippen LogP contribution in [-0.4, -0.2) is 38.9 Å². The average Bonchev–Trinajstić information content (AvgIpc) is 2.92. The van der Waals surface area contributed by atoms with Crippen LogP contribution in [0.3, 0.4) is 0 Å². The molecule has 2 N–H and O–H groups in total. The molecule has 0 aromatic heterocycles. The summed E-state index contributed by atoms with van der Waals surface area (Å²) in [6.45, 7) is 0.959. The molecular weight excluding hydrogens is 268 g/mol. The SMILES string of the molecule is COC(=O)c1cc(N)ccc1S(=O)(=O)N1CCCC1. The number of ether oxygens (including phenoxy) is 1. The number of nitrogens with zero attached hydrogens (tertiary/aromatic N) is 1. The number of carbonyl (C=O) groups excluding carboxylic acids is 1. The van der Waals surface area contributed by atoms with Crippen LogP contribution in [0.2, 0.25) is 0 Å². The lowest BCUT2D eigenvalue weighted by molar-refractivity contribution is 0.0596. The molecule has 1 aromatic rings. The van der Waals surface area contributed by atoms with Crippen LogP contribution in [0.15, 0.2) is 23.1 Å². The van der Waals surface area contributed by atoms with E-state index in [4.69, 9.17) is 5.73 Å². The number of esters is 1. The van der Waals surface area contributed by atoms with Crippen LogP contribution >= 0.6 is 0 Å². The summed E-state index contributed by atoms with van der Waals surface area (Å²) in [6.07, 6.45) is 1.67. The topological polar surface area (TPSA) is 89.7 Å². The summed E-state index contributed by atoms with van der Waals surface area (Å²) in [4.78, 5) is 11.6. The summed E-state index contributed by atoms with van der Waals surface area (Å²) >= 11 is 0. The van der Waals surface area contributed by atoms with Crippen molar-refractivity contribution >= 4 is 21.7 Å².